The fraction of sp³-hybridized carbons (Fsp3) is 0.588. The molecule has 1 aromatic carbocycles. The number of hydrogen-bond donors (Lipinski definition) is 2. The standard InChI is InChI=1S/C17H23NO5S/c1-12-2-4-14-13(10-12)3-5-15(23-14)16(19)18-11-17(20)6-8-24(21,22)9-7-17/h2,4,10,15,20H,3,5-9,11H2,1H3,(H,18,19). The Morgan fingerprint density at radius 3 is 2.79 bits per heavy atom. The summed E-state index contributed by atoms with van der Waals surface area (Å²) < 4.78 is 28.7. The molecule has 2 N–H and O–H groups in total. The van der Waals surface area contributed by atoms with Crippen LogP contribution in [0.15, 0.2) is 18.2 Å². The van der Waals surface area contributed by atoms with E-state index < -0.39 is 21.5 Å². The molecule has 0 aliphatic carbocycles. The highest BCUT2D eigenvalue weighted by atomic mass is 32.2. The number of amides is 1. The van der Waals surface area contributed by atoms with Gasteiger partial charge >= 0.3 is 0 Å². The van der Waals surface area contributed by atoms with Crippen LogP contribution in [0.4, 0.5) is 0 Å². The van der Waals surface area contributed by atoms with Crippen LogP contribution in [-0.4, -0.2) is 49.2 Å². The Kier molecular flexibility index (Phi) is 4.57. The molecule has 1 aromatic rings. The Hall–Kier alpha value is -1.60. The van der Waals surface area contributed by atoms with E-state index in [4.69, 9.17) is 4.74 Å². The Bertz CT molecular complexity index is 729. The maximum absolute atomic E-state index is 12.3. The smallest absolute Gasteiger partial charge is 0.261 e. The number of benzene rings is 1. The van der Waals surface area contributed by atoms with Gasteiger partial charge in [0, 0.05) is 6.54 Å². The first-order valence-electron chi connectivity index (χ1n) is 8.23. The molecule has 2 aliphatic rings. The first-order valence-corrected chi connectivity index (χ1v) is 10.1. The lowest BCUT2D eigenvalue weighted by atomic mass is 9.96. The zero-order chi connectivity index (χ0) is 17.4. The molecule has 0 aromatic heterocycles. The first-order chi connectivity index (χ1) is 11.3. The molecule has 132 valence electrons. The normalized spacial score (nSPS) is 24.5. The van der Waals surface area contributed by atoms with Gasteiger partial charge in [0.25, 0.3) is 5.91 Å². The summed E-state index contributed by atoms with van der Waals surface area (Å²) in [5.74, 6) is 0.399. The third kappa shape index (κ3) is 3.89. The van der Waals surface area contributed by atoms with Gasteiger partial charge in [-0.05, 0) is 44.2 Å². The Balaban J connectivity index is 1.55. The molecule has 24 heavy (non-hydrogen) atoms. The number of ether oxygens (including phenoxy) is 1. The Labute approximate surface area is 142 Å². The second-order valence-corrected chi connectivity index (χ2v) is 9.15. The Morgan fingerprint density at radius 1 is 1.38 bits per heavy atom. The lowest BCUT2D eigenvalue weighted by Crippen LogP contribution is -2.51. The van der Waals surface area contributed by atoms with Crippen LogP contribution in [0.1, 0.15) is 30.4 Å². The van der Waals surface area contributed by atoms with Crippen LogP contribution < -0.4 is 10.1 Å². The van der Waals surface area contributed by atoms with Crippen molar-refractivity contribution in [3.8, 4) is 5.75 Å². The summed E-state index contributed by atoms with van der Waals surface area (Å²) in [5, 5.41) is 13.1. The maximum atomic E-state index is 12.3. The van der Waals surface area contributed by atoms with Crippen LogP contribution in [0.25, 0.3) is 0 Å². The average Bonchev–Trinajstić information content (AvgIpc) is 2.55. The van der Waals surface area contributed by atoms with E-state index in [-0.39, 0.29) is 36.8 Å². The largest absolute Gasteiger partial charge is 0.480 e. The highest BCUT2D eigenvalue weighted by Crippen LogP contribution is 2.28. The summed E-state index contributed by atoms with van der Waals surface area (Å²) in [7, 11) is -3.05. The molecule has 0 radical (unpaired) electrons. The van der Waals surface area contributed by atoms with Gasteiger partial charge in [0.15, 0.2) is 15.9 Å². The minimum absolute atomic E-state index is 0.0357. The minimum atomic E-state index is -3.05. The van der Waals surface area contributed by atoms with E-state index in [1.54, 1.807) is 0 Å². The van der Waals surface area contributed by atoms with Gasteiger partial charge in [-0.1, -0.05) is 17.7 Å². The second-order valence-electron chi connectivity index (χ2n) is 6.85. The molecule has 1 saturated heterocycles. The van der Waals surface area contributed by atoms with Gasteiger partial charge in [0.1, 0.15) is 5.75 Å². The van der Waals surface area contributed by atoms with E-state index in [0.717, 1.165) is 23.3 Å². The van der Waals surface area contributed by atoms with Gasteiger partial charge in [-0.15, -0.1) is 0 Å². The third-order valence-electron chi connectivity index (χ3n) is 4.80. The molecular formula is C17H23NO5S. The van der Waals surface area contributed by atoms with E-state index >= 15 is 0 Å². The molecule has 0 saturated carbocycles. The lowest BCUT2D eigenvalue weighted by molar-refractivity contribution is -0.130. The number of fused-ring (bicyclic) bond motifs is 1. The maximum Gasteiger partial charge on any atom is 0.261 e. The van der Waals surface area contributed by atoms with E-state index in [1.165, 1.54) is 0 Å². The number of carbonyl (C=O) groups is 1. The van der Waals surface area contributed by atoms with Crippen LogP contribution in [0.3, 0.4) is 0 Å². The van der Waals surface area contributed by atoms with Crippen LogP contribution in [-0.2, 0) is 21.1 Å². The molecule has 1 fully saturated rings. The molecule has 1 amide bonds. The van der Waals surface area contributed by atoms with E-state index in [9.17, 15) is 18.3 Å². The SMILES string of the molecule is Cc1ccc2c(c1)CCC(C(=O)NCC1(O)CCS(=O)(=O)CC1)O2. The molecular weight excluding hydrogens is 330 g/mol. The predicted octanol–water partition coefficient (Wildman–Crippen LogP) is 0.745. The monoisotopic (exact) mass is 353 g/mol. The van der Waals surface area contributed by atoms with Crippen molar-refractivity contribution in [2.75, 3.05) is 18.1 Å². The predicted molar refractivity (Wildman–Crippen MR) is 89.8 cm³/mol. The van der Waals surface area contributed by atoms with Crippen LogP contribution in [0.5, 0.6) is 5.75 Å². The topological polar surface area (TPSA) is 92.7 Å². The van der Waals surface area contributed by atoms with Crippen molar-refractivity contribution in [3.05, 3.63) is 29.3 Å². The van der Waals surface area contributed by atoms with Gasteiger partial charge in [-0.2, -0.15) is 0 Å². The van der Waals surface area contributed by atoms with Crippen LogP contribution >= 0.6 is 0 Å². The number of aryl methyl sites for hydroxylation is 2. The van der Waals surface area contributed by atoms with Crippen molar-refractivity contribution in [2.45, 2.75) is 44.3 Å². The van der Waals surface area contributed by atoms with Crippen molar-refractivity contribution in [1.82, 2.24) is 5.32 Å². The fourth-order valence-electron chi connectivity index (χ4n) is 3.16. The average molecular weight is 353 g/mol. The molecule has 0 spiro atoms. The highest BCUT2D eigenvalue weighted by molar-refractivity contribution is 7.91. The van der Waals surface area contributed by atoms with E-state index in [0.29, 0.717) is 6.42 Å². The second kappa shape index (κ2) is 6.37. The van der Waals surface area contributed by atoms with Gasteiger partial charge in [0.05, 0.1) is 17.1 Å². The molecule has 2 aliphatic heterocycles. The third-order valence-corrected chi connectivity index (χ3v) is 6.45. The fourth-order valence-corrected chi connectivity index (χ4v) is 4.75. The molecule has 1 unspecified atom stereocenters. The highest BCUT2D eigenvalue weighted by Gasteiger charge is 2.36. The number of rotatable bonds is 3. The summed E-state index contributed by atoms with van der Waals surface area (Å²) >= 11 is 0. The zero-order valence-electron chi connectivity index (χ0n) is 13.7. The molecule has 1 atom stereocenters. The van der Waals surface area contributed by atoms with Crippen molar-refractivity contribution in [1.29, 1.82) is 0 Å². The quantitative estimate of drug-likeness (QED) is 0.836. The summed E-state index contributed by atoms with van der Waals surface area (Å²) in [4.78, 5) is 12.3. The van der Waals surface area contributed by atoms with E-state index in [2.05, 4.69) is 11.4 Å². The number of sulfone groups is 1. The summed E-state index contributed by atoms with van der Waals surface area (Å²) in [6, 6.07) is 5.89. The summed E-state index contributed by atoms with van der Waals surface area (Å²) in [6.45, 7) is 2.08. The van der Waals surface area contributed by atoms with Crippen molar-refractivity contribution in [2.24, 2.45) is 0 Å². The number of aliphatic hydroxyl groups is 1. The summed E-state index contributed by atoms with van der Waals surface area (Å²) in [5.41, 5.74) is 1.12. The number of carbonyl (C=O) groups excluding carboxylic acids is 1. The van der Waals surface area contributed by atoms with Crippen LogP contribution in [0, 0.1) is 6.92 Å². The van der Waals surface area contributed by atoms with Crippen molar-refractivity contribution >= 4 is 15.7 Å². The van der Waals surface area contributed by atoms with Crippen molar-refractivity contribution in [3.63, 3.8) is 0 Å². The zero-order valence-corrected chi connectivity index (χ0v) is 14.6. The van der Waals surface area contributed by atoms with Gasteiger partial charge in [-0.25, -0.2) is 8.42 Å². The Morgan fingerprint density at radius 2 is 2.08 bits per heavy atom. The molecule has 3 rings (SSSR count). The molecule has 6 nitrogen and oxygen atoms in total. The lowest BCUT2D eigenvalue weighted by Gasteiger charge is -2.33. The molecule has 0 bridgehead atoms. The number of nitrogens with one attached hydrogen (secondary N) is 1. The van der Waals surface area contributed by atoms with Gasteiger partial charge in [-0.3, -0.25) is 4.79 Å². The number of hydrogen-bond acceptors (Lipinski definition) is 5. The van der Waals surface area contributed by atoms with Crippen LogP contribution in [0.2, 0.25) is 0 Å². The molecule has 2 heterocycles. The minimum Gasteiger partial charge on any atom is -0.480 e. The van der Waals surface area contributed by atoms with Gasteiger partial charge < -0.3 is 15.2 Å². The first kappa shape index (κ1) is 17.2. The summed E-state index contributed by atoms with van der Waals surface area (Å²) in [6.07, 6.45) is 1.11. The molecule has 7 heteroatoms. The van der Waals surface area contributed by atoms with Gasteiger partial charge in [0.2, 0.25) is 0 Å². The van der Waals surface area contributed by atoms with E-state index in [1.807, 2.05) is 19.1 Å². The van der Waals surface area contributed by atoms with Crippen molar-refractivity contribution < 1.29 is 23.1 Å².